The molecular weight excluding hydrogens is 731 g/mol. The zero-order valence-corrected chi connectivity index (χ0v) is 35.1. The molecule has 3 aromatic carbocycles. The van der Waals surface area contributed by atoms with Crippen LogP contribution in [0.1, 0.15) is 133 Å². The van der Waals surface area contributed by atoms with E-state index in [1.807, 2.05) is 78.9 Å². The van der Waals surface area contributed by atoms with Gasteiger partial charge in [0.05, 0.1) is 26.9 Å². The van der Waals surface area contributed by atoms with Crippen LogP contribution in [0.3, 0.4) is 0 Å². The maximum atomic E-state index is 13.6. The normalized spacial score (nSPS) is 17.2. The van der Waals surface area contributed by atoms with Crippen molar-refractivity contribution in [1.29, 1.82) is 0 Å². The number of hydrogen-bond acceptors (Lipinski definition) is 8. The average molecular weight is 796 g/mol. The van der Waals surface area contributed by atoms with Crippen molar-refractivity contribution in [2.75, 3.05) is 26.1 Å². The molecule has 1 aromatic heterocycles. The van der Waals surface area contributed by atoms with Gasteiger partial charge in [-0.05, 0) is 59.9 Å². The Hall–Kier alpha value is -4.51. The number of aromatic nitrogens is 2. The molecule has 5 rings (SSSR count). The molecule has 1 amide bonds. The summed E-state index contributed by atoms with van der Waals surface area (Å²) in [7, 11) is 3.26. The van der Waals surface area contributed by atoms with E-state index in [4.69, 9.17) is 18.9 Å². The van der Waals surface area contributed by atoms with Crippen LogP contribution in [0, 0.1) is 5.92 Å². The first kappa shape index (κ1) is 44.6. The average Bonchev–Trinajstić information content (AvgIpc) is 3.62. The van der Waals surface area contributed by atoms with Crippen molar-refractivity contribution in [3.63, 3.8) is 0 Å². The number of unbranched alkanes of at least 4 members (excludes halogenated alkanes) is 10. The van der Waals surface area contributed by atoms with Crippen molar-refractivity contribution in [3.8, 4) is 11.5 Å². The van der Waals surface area contributed by atoms with Gasteiger partial charge in [0.15, 0.2) is 0 Å². The third-order valence-corrected chi connectivity index (χ3v) is 11.4. The molecule has 10 heteroatoms. The van der Waals surface area contributed by atoms with Crippen molar-refractivity contribution in [2.45, 2.75) is 134 Å². The maximum absolute atomic E-state index is 13.6. The number of carbonyl (C=O) groups excluding carboxylic acids is 1. The van der Waals surface area contributed by atoms with Crippen LogP contribution < -0.4 is 20.5 Å². The summed E-state index contributed by atoms with van der Waals surface area (Å²) < 4.78 is 25.6. The number of nitrogens with one attached hydrogen (secondary N) is 1. The molecule has 1 aliphatic heterocycles. The second-order valence-electron chi connectivity index (χ2n) is 15.5. The minimum absolute atomic E-state index is 0.0134. The number of anilines is 1. The SMILES string of the molecule is CCCCCCCCCC(CCCCCCC)C(=O)Nc1ccn([C@H]2C[C@H](O)[C@@H](COC(c3ccccc3)(c3ccc(OC)cc3)c3ccc(OC)cc3)O2)c(=O)n1. The molecule has 4 atom stereocenters. The van der Waals surface area contributed by atoms with E-state index in [9.17, 15) is 14.7 Å². The van der Waals surface area contributed by atoms with Crippen LogP contribution in [0.15, 0.2) is 95.9 Å². The highest BCUT2D eigenvalue weighted by Gasteiger charge is 2.42. The lowest BCUT2D eigenvalue weighted by molar-refractivity contribution is -0.120. The zero-order valence-electron chi connectivity index (χ0n) is 35.1. The summed E-state index contributed by atoms with van der Waals surface area (Å²) in [5.41, 5.74) is 0.936. The van der Waals surface area contributed by atoms with Gasteiger partial charge in [-0.15, -0.1) is 0 Å². The quantitative estimate of drug-likeness (QED) is 0.0503. The number of aliphatic hydroxyl groups excluding tert-OH is 1. The van der Waals surface area contributed by atoms with E-state index in [0.717, 1.165) is 55.2 Å². The number of aliphatic hydroxyl groups is 1. The largest absolute Gasteiger partial charge is 0.497 e. The summed E-state index contributed by atoms with van der Waals surface area (Å²) in [5.74, 6) is 1.46. The predicted molar refractivity (Wildman–Crippen MR) is 229 cm³/mol. The van der Waals surface area contributed by atoms with Gasteiger partial charge in [0.25, 0.3) is 0 Å². The molecule has 0 saturated carbocycles. The molecule has 1 unspecified atom stereocenters. The first-order valence-electron chi connectivity index (χ1n) is 21.5. The van der Waals surface area contributed by atoms with Crippen LogP contribution in [0.5, 0.6) is 11.5 Å². The smallest absolute Gasteiger partial charge is 0.351 e. The number of amides is 1. The Labute approximate surface area is 345 Å². The van der Waals surface area contributed by atoms with Crippen molar-refractivity contribution in [2.24, 2.45) is 5.92 Å². The number of carbonyl (C=O) groups is 1. The van der Waals surface area contributed by atoms with Gasteiger partial charge in [-0.25, -0.2) is 4.79 Å². The zero-order chi connectivity index (χ0) is 41.2. The molecular formula is C48H65N3O7. The molecule has 1 aliphatic rings. The fraction of sp³-hybridized carbons (Fsp3) is 0.521. The van der Waals surface area contributed by atoms with Crippen LogP contribution >= 0.6 is 0 Å². The van der Waals surface area contributed by atoms with E-state index in [1.54, 1.807) is 26.5 Å². The summed E-state index contributed by atoms with van der Waals surface area (Å²) in [6, 6.07) is 27.0. The summed E-state index contributed by atoms with van der Waals surface area (Å²) in [5, 5.41) is 14.3. The van der Waals surface area contributed by atoms with Gasteiger partial charge in [0.2, 0.25) is 5.91 Å². The van der Waals surface area contributed by atoms with Crippen molar-refractivity contribution >= 4 is 11.7 Å². The Kier molecular flexibility index (Phi) is 17.8. The van der Waals surface area contributed by atoms with E-state index in [2.05, 4.69) is 24.1 Å². The molecule has 4 aromatic rings. The molecule has 2 heterocycles. The highest BCUT2D eigenvalue weighted by molar-refractivity contribution is 5.91. The highest BCUT2D eigenvalue weighted by atomic mass is 16.6. The standard InChI is InChI=1S/C48H65N3O7/c1-5-7-9-11-12-14-17-21-36(20-16-13-10-8-6-2)46(53)49-44-32-33-51(47(54)50-44)45-34-42(52)43(58-45)35-57-48(37-22-18-15-19-23-37,38-24-28-40(55-3)29-25-38)39-26-30-41(56-4)31-27-39/h15,18-19,22-33,36,42-43,45,52H,5-14,16-17,20-21,34-35H2,1-4H3,(H,49,50,53,54)/t36?,42-,43+,45+/m0/s1. The van der Waals surface area contributed by atoms with Crippen molar-refractivity contribution in [3.05, 3.63) is 118 Å². The van der Waals surface area contributed by atoms with Gasteiger partial charge in [0.1, 0.15) is 35.2 Å². The molecule has 0 radical (unpaired) electrons. The number of methoxy groups -OCH3 is 2. The lowest BCUT2D eigenvalue weighted by Crippen LogP contribution is -2.38. The fourth-order valence-electron chi connectivity index (χ4n) is 8.00. The van der Waals surface area contributed by atoms with E-state index in [1.165, 1.54) is 55.9 Å². The van der Waals surface area contributed by atoms with E-state index in [-0.39, 0.29) is 30.7 Å². The Bertz CT molecular complexity index is 1800. The van der Waals surface area contributed by atoms with Crippen LogP contribution in [0.2, 0.25) is 0 Å². The summed E-state index contributed by atoms with van der Waals surface area (Å²) >= 11 is 0. The summed E-state index contributed by atoms with van der Waals surface area (Å²) in [6.07, 6.45) is 15.1. The first-order valence-corrected chi connectivity index (χ1v) is 21.5. The van der Waals surface area contributed by atoms with Gasteiger partial charge in [-0.2, -0.15) is 4.98 Å². The fourth-order valence-corrected chi connectivity index (χ4v) is 8.00. The number of benzene rings is 3. The molecule has 314 valence electrons. The first-order chi connectivity index (χ1) is 28.3. The number of rotatable bonds is 25. The molecule has 10 nitrogen and oxygen atoms in total. The highest BCUT2D eigenvalue weighted by Crippen LogP contribution is 2.42. The van der Waals surface area contributed by atoms with Gasteiger partial charge in [0, 0.05) is 18.5 Å². The van der Waals surface area contributed by atoms with Crippen molar-refractivity contribution in [1.82, 2.24) is 9.55 Å². The van der Waals surface area contributed by atoms with Gasteiger partial charge < -0.3 is 29.4 Å². The molecule has 0 spiro atoms. The summed E-state index contributed by atoms with van der Waals surface area (Å²) in [6.45, 7) is 4.45. The lowest BCUT2D eigenvalue weighted by Gasteiger charge is -2.37. The topological polar surface area (TPSA) is 121 Å². The van der Waals surface area contributed by atoms with Crippen LogP contribution in [0.4, 0.5) is 5.82 Å². The Morgan fingerprint density at radius 1 is 0.776 bits per heavy atom. The molecule has 2 N–H and O–H groups in total. The molecule has 1 fully saturated rings. The second-order valence-corrected chi connectivity index (χ2v) is 15.5. The monoisotopic (exact) mass is 795 g/mol. The van der Waals surface area contributed by atoms with Crippen LogP contribution in [-0.2, 0) is 19.9 Å². The van der Waals surface area contributed by atoms with Gasteiger partial charge in [-0.1, -0.05) is 145 Å². The predicted octanol–water partition coefficient (Wildman–Crippen LogP) is 9.97. The Morgan fingerprint density at radius 3 is 1.81 bits per heavy atom. The third-order valence-electron chi connectivity index (χ3n) is 11.4. The van der Waals surface area contributed by atoms with E-state index in [0.29, 0.717) is 11.5 Å². The van der Waals surface area contributed by atoms with E-state index < -0.39 is 29.7 Å². The number of nitrogens with zero attached hydrogens (tertiary/aromatic N) is 2. The van der Waals surface area contributed by atoms with Gasteiger partial charge >= 0.3 is 5.69 Å². The molecule has 58 heavy (non-hydrogen) atoms. The Balaban J connectivity index is 1.28. The van der Waals surface area contributed by atoms with Crippen LogP contribution in [-0.4, -0.2) is 53.6 Å². The maximum Gasteiger partial charge on any atom is 0.351 e. The molecule has 0 bridgehead atoms. The lowest BCUT2D eigenvalue weighted by atomic mass is 9.80. The summed E-state index contributed by atoms with van der Waals surface area (Å²) in [4.78, 5) is 31.2. The van der Waals surface area contributed by atoms with Crippen molar-refractivity contribution < 1.29 is 28.8 Å². The van der Waals surface area contributed by atoms with Crippen LogP contribution in [0.25, 0.3) is 0 Å². The molecule has 0 aliphatic carbocycles. The number of hydrogen-bond donors (Lipinski definition) is 2. The second kappa shape index (κ2) is 23.2. The number of ether oxygens (including phenoxy) is 4. The Morgan fingerprint density at radius 2 is 1.29 bits per heavy atom. The van der Waals surface area contributed by atoms with Gasteiger partial charge in [-0.3, -0.25) is 9.36 Å². The van der Waals surface area contributed by atoms with E-state index >= 15 is 0 Å². The molecule has 1 saturated heterocycles. The minimum atomic E-state index is -1.10. The minimum Gasteiger partial charge on any atom is -0.497 e. The third kappa shape index (κ3) is 12.0.